The lowest BCUT2D eigenvalue weighted by molar-refractivity contribution is -0.161. The zero-order valence-corrected chi connectivity index (χ0v) is 19.9. The van der Waals surface area contributed by atoms with Crippen molar-refractivity contribution in [2.75, 3.05) is 36.5 Å². The highest BCUT2D eigenvalue weighted by molar-refractivity contribution is 6.00. The lowest BCUT2D eigenvalue weighted by Crippen LogP contribution is -2.45. The van der Waals surface area contributed by atoms with E-state index in [9.17, 15) is 18.0 Å². The second-order valence-corrected chi connectivity index (χ2v) is 9.56. The molecule has 1 saturated heterocycles. The third-order valence-electron chi connectivity index (χ3n) is 6.93. The van der Waals surface area contributed by atoms with Gasteiger partial charge in [0.05, 0.1) is 17.1 Å². The number of nitrogens with two attached hydrogens (primary N) is 1. The van der Waals surface area contributed by atoms with Gasteiger partial charge in [0.2, 0.25) is 5.88 Å². The van der Waals surface area contributed by atoms with E-state index >= 15 is 4.39 Å². The molecule has 0 unspecified atom stereocenters. The van der Waals surface area contributed by atoms with Gasteiger partial charge in [0, 0.05) is 24.7 Å². The van der Waals surface area contributed by atoms with Gasteiger partial charge >= 0.3 is 12.2 Å². The Kier molecular flexibility index (Phi) is 5.31. The molecule has 0 radical (unpaired) electrons. The second-order valence-electron chi connectivity index (χ2n) is 9.56. The average Bonchev–Trinajstić information content (AvgIpc) is 3.39. The minimum absolute atomic E-state index is 0.0857. The summed E-state index contributed by atoms with van der Waals surface area (Å²) in [7, 11) is 1.98. The predicted molar refractivity (Wildman–Crippen MR) is 128 cm³/mol. The molecule has 4 heterocycles. The van der Waals surface area contributed by atoms with Crippen LogP contribution >= 0.6 is 0 Å². The highest BCUT2D eigenvalue weighted by Gasteiger charge is 2.66. The Morgan fingerprint density at radius 2 is 1.95 bits per heavy atom. The summed E-state index contributed by atoms with van der Waals surface area (Å²) in [5.41, 5.74) is 4.92. The summed E-state index contributed by atoms with van der Waals surface area (Å²) < 4.78 is 61.5. The van der Waals surface area contributed by atoms with Crippen molar-refractivity contribution in [3.05, 3.63) is 42.1 Å². The number of amides is 2. The van der Waals surface area contributed by atoms with E-state index in [0.29, 0.717) is 22.3 Å². The van der Waals surface area contributed by atoms with E-state index in [1.165, 1.54) is 18.5 Å². The van der Waals surface area contributed by atoms with Gasteiger partial charge < -0.3 is 20.5 Å². The Labute approximate surface area is 212 Å². The van der Waals surface area contributed by atoms with E-state index in [1.54, 1.807) is 10.7 Å². The molecule has 1 aliphatic carbocycles. The summed E-state index contributed by atoms with van der Waals surface area (Å²) in [4.78, 5) is 22.9. The van der Waals surface area contributed by atoms with Crippen molar-refractivity contribution in [1.82, 2.24) is 29.8 Å². The van der Waals surface area contributed by atoms with Crippen LogP contribution in [-0.4, -0.2) is 62.1 Å². The fourth-order valence-electron chi connectivity index (χ4n) is 4.67. The van der Waals surface area contributed by atoms with Crippen molar-refractivity contribution in [2.24, 2.45) is 0 Å². The molecule has 3 aromatic heterocycles. The highest BCUT2D eigenvalue weighted by Crippen LogP contribution is 2.58. The van der Waals surface area contributed by atoms with Gasteiger partial charge in [-0.3, -0.25) is 5.32 Å². The van der Waals surface area contributed by atoms with Crippen LogP contribution < -0.4 is 16.4 Å². The minimum atomic E-state index is -4.47. The monoisotopic (exact) mass is 531 g/mol. The molecule has 2 aliphatic rings. The molecule has 1 saturated carbocycles. The zero-order chi connectivity index (χ0) is 26.8. The number of hydrogen-bond acceptors (Lipinski definition) is 8. The molecule has 0 atom stereocenters. The minimum Gasteiger partial charge on any atom is -0.383 e. The van der Waals surface area contributed by atoms with Crippen LogP contribution in [0.15, 0.2) is 35.1 Å². The lowest BCUT2D eigenvalue weighted by Gasteiger charge is -2.36. The molecule has 2 amide bonds. The van der Waals surface area contributed by atoms with E-state index in [-0.39, 0.29) is 42.0 Å². The van der Waals surface area contributed by atoms with Crippen molar-refractivity contribution in [3.63, 3.8) is 0 Å². The molecule has 1 aromatic carbocycles. The number of hydrogen-bond donors (Lipinski definition) is 3. The number of urea groups is 1. The van der Waals surface area contributed by atoms with Crippen molar-refractivity contribution in [1.29, 1.82) is 0 Å². The largest absolute Gasteiger partial charge is 0.400 e. The number of fused-ring (bicyclic) bond motifs is 1. The molecule has 1 aliphatic heterocycles. The lowest BCUT2D eigenvalue weighted by atomic mass is 10.0. The summed E-state index contributed by atoms with van der Waals surface area (Å²) >= 11 is 0. The molecule has 0 spiro atoms. The van der Waals surface area contributed by atoms with Crippen LogP contribution in [0.25, 0.3) is 22.3 Å². The van der Waals surface area contributed by atoms with E-state index < -0.39 is 23.4 Å². The number of alkyl halides is 3. The highest BCUT2D eigenvalue weighted by atomic mass is 19.4. The first-order valence-corrected chi connectivity index (χ1v) is 11.6. The summed E-state index contributed by atoms with van der Waals surface area (Å²) in [6.45, 7) is 1.55. The molecular formula is C23H21F4N9O2. The first kappa shape index (κ1) is 24.1. The van der Waals surface area contributed by atoms with Gasteiger partial charge in [-0.25, -0.2) is 23.8 Å². The fraction of sp³-hybridized carbons (Fsp3) is 0.348. The number of anilines is 3. The Morgan fingerprint density at radius 3 is 2.61 bits per heavy atom. The van der Waals surface area contributed by atoms with E-state index in [2.05, 4.69) is 35.8 Å². The van der Waals surface area contributed by atoms with Crippen LogP contribution in [0.4, 0.5) is 39.7 Å². The van der Waals surface area contributed by atoms with E-state index in [1.807, 2.05) is 7.05 Å². The summed E-state index contributed by atoms with van der Waals surface area (Å²) in [5, 5.41) is 13.1. The number of halogens is 4. The number of aromatic nitrogens is 5. The van der Waals surface area contributed by atoms with Gasteiger partial charge in [-0.2, -0.15) is 18.3 Å². The van der Waals surface area contributed by atoms with Gasteiger partial charge in [0.1, 0.15) is 34.8 Å². The summed E-state index contributed by atoms with van der Waals surface area (Å²) in [6.07, 6.45) is -3.33. The Morgan fingerprint density at radius 1 is 1.18 bits per heavy atom. The number of nitrogens with zero attached hydrogens (tertiary/aromatic N) is 6. The van der Waals surface area contributed by atoms with E-state index in [0.717, 1.165) is 19.2 Å². The molecule has 198 valence electrons. The number of benzene rings is 1. The van der Waals surface area contributed by atoms with Crippen LogP contribution in [0.3, 0.4) is 0 Å². The maximum absolute atomic E-state index is 15.0. The first-order chi connectivity index (χ1) is 18.1. The maximum atomic E-state index is 15.0. The van der Waals surface area contributed by atoms with Crippen LogP contribution in [0, 0.1) is 5.82 Å². The van der Waals surface area contributed by atoms with Crippen molar-refractivity contribution < 1.29 is 26.9 Å². The molecule has 6 rings (SSSR count). The topological polar surface area (TPSA) is 140 Å². The van der Waals surface area contributed by atoms with Crippen LogP contribution in [-0.2, 0) is 5.41 Å². The van der Waals surface area contributed by atoms with Gasteiger partial charge in [-0.1, -0.05) is 11.2 Å². The molecule has 2 fully saturated rings. The molecule has 38 heavy (non-hydrogen) atoms. The molecule has 15 heteroatoms. The average molecular weight is 531 g/mol. The Bertz CT molecular complexity index is 1550. The fourth-order valence-corrected chi connectivity index (χ4v) is 4.67. The third kappa shape index (κ3) is 3.89. The number of carbonyl (C=O) groups excluding carboxylic acids is 1. The number of carbonyl (C=O) groups is 1. The number of likely N-dealkylation sites (N-methyl/N-ethyl adjacent to an activating group) is 1. The van der Waals surface area contributed by atoms with Crippen LogP contribution in [0.5, 0.6) is 0 Å². The molecule has 0 bridgehead atoms. The smallest absolute Gasteiger partial charge is 0.383 e. The Balaban J connectivity index is 1.21. The van der Waals surface area contributed by atoms with Crippen LogP contribution in [0.1, 0.15) is 24.6 Å². The van der Waals surface area contributed by atoms with Gasteiger partial charge in [0.25, 0.3) is 0 Å². The maximum Gasteiger partial charge on any atom is 0.400 e. The van der Waals surface area contributed by atoms with Gasteiger partial charge in [-0.15, -0.1) is 0 Å². The van der Waals surface area contributed by atoms with Crippen molar-refractivity contribution >= 4 is 34.5 Å². The van der Waals surface area contributed by atoms with Crippen molar-refractivity contribution in [3.8, 4) is 11.3 Å². The zero-order valence-electron chi connectivity index (χ0n) is 19.9. The third-order valence-corrected chi connectivity index (χ3v) is 6.93. The second kappa shape index (κ2) is 8.37. The number of nitrogen functional groups attached to an aromatic ring is 1. The van der Waals surface area contributed by atoms with Gasteiger partial charge in [0.15, 0.2) is 5.65 Å². The van der Waals surface area contributed by atoms with E-state index in [4.69, 9.17) is 10.3 Å². The molecular weight excluding hydrogens is 510 g/mol. The number of nitrogens with one attached hydrogen (secondary N) is 2. The van der Waals surface area contributed by atoms with Crippen molar-refractivity contribution in [2.45, 2.75) is 30.5 Å². The number of rotatable bonds is 5. The standard InChI is InChI=1S/C23H21F4N9O2/c1-35-8-12(9-35)36-20-17(19(28)29-10-30-20)18(33-36)11-2-3-14(13(24)6-11)31-21(37)32-16-7-15(34-38-16)22(4-5-22)23(25,26)27/h2-3,6-7,10,12H,4-5,8-9H2,1H3,(H2,28,29,30)(H2,31,32,37). The summed E-state index contributed by atoms with van der Waals surface area (Å²) in [5.74, 6) is -0.860. The quantitative estimate of drug-likeness (QED) is 0.329. The first-order valence-electron chi connectivity index (χ1n) is 11.6. The Hall–Kier alpha value is -4.27. The summed E-state index contributed by atoms with van der Waals surface area (Å²) in [6, 6.07) is 4.26. The normalized spacial score (nSPS) is 17.4. The predicted octanol–water partition coefficient (Wildman–Crippen LogP) is 3.93. The van der Waals surface area contributed by atoms with Crippen LogP contribution in [0.2, 0.25) is 0 Å². The number of likely N-dealkylation sites (tertiary alicyclic amines) is 1. The van der Waals surface area contributed by atoms with Gasteiger partial charge in [-0.05, 0) is 32.0 Å². The SMILES string of the molecule is CN1CC(n2nc(-c3ccc(NC(=O)Nc4cc(C5(C(F)(F)F)CC5)no4)c(F)c3)c3c(N)ncnc32)C1. The molecule has 11 nitrogen and oxygen atoms in total. The molecule has 4 N–H and O–H groups in total. The molecule has 4 aromatic rings.